The lowest BCUT2D eigenvalue weighted by Gasteiger charge is -2.23. The highest BCUT2D eigenvalue weighted by molar-refractivity contribution is 5.63. The minimum absolute atomic E-state index is 0.0357. The summed E-state index contributed by atoms with van der Waals surface area (Å²) in [4.78, 5) is 7.96. The molecular formula is C26H29F3N4O2. The molecule has 0 spiro atoms. The Morgan fingerprint density at radius 3 is 2.06 bits per heavy atom. The van der Waals surface area contributed by atoms with Crippen LogP contribution in [0.4, 0.5) is 36.3 Å². The number of rotatable bonds is 8. The molecule has 0 aliphatic heterocycles. The number of alkyl halides is 3. The van der Waals surface area contributed by atoms with Crippen molar-refractivity contribution in [3.05, 3.63) is 60.3 Å². The predicted molar refractivity (Wildman–Crippen MR) is 130 cm³/mol. The molecule has 0 atom stereocenters. The SMILES string of the molecule is CC(C)Oc1ccc(Nc2ncc(C(F)(F)F)c(Nc3ccc(OC4CCCCC4)cc3)n2)cc1. The van der Waals surface area contributed by atoms with Crippen LogP contribution in [-0.4, -0.2) is 22.2 Å². The Balaban J connectivity index is 1.49. The zero-order chi connectivity index (χ0) is 24.8. The molecule has 1 heterocycles. The minimum Gasteiger partial charge on any atom is -0.491 e. The molecule has 1 aliphatic carbocycles. The quantitative estimate of drug-likeness (QED) is 0.344. The molecule has 1 fully saturated rings. The van der Waals surface area contributed by atoms with Gasteiger partial charge in [0.05, 0.1) is 12.2 Å². The van der Waals surface area contributed by atoms with Gasteiger partial charge in [-0.15, -0.1) is 0 Å². The summed E-state index contributed by atoms with van der Waals surface area (Å²) in [5.41, 5.74) is 0.133. The molecule has 0 amide bonds. The van der Waals surface area contributed by atoms with Gasteiger partial charge in [-0.05, 0) is 88.1 Å². The smallest absolute Gasteiger partial charge is 0.421 e. The summed E-state index contributed by atoms with van der Waals surface area (Å²) < 4.78 is 52.4. The molecular weight excluding hydrogens is 457 g/mol. The van der Waals surface area contributed by atoms with E-state index in [-0.39, 0.29) is 24.0 Å². The Morgan fingerprint density at radius 1 is 0.857 bits per heavy atom. The Morgan fingerprint density at radius 2 is 1.46 bits per heavy atom. The second-order valence-electron chi connectivity index (χ2n) is 8.80. The Bertz CT molecular complexity index is 1100. The van der Waals surface area contributed by atoms with Crippen LogP contribution in [0.1, 0.15) is 51.5 Å². The molecule has 0 bridgehead atoms. The fraction of sp³-hybridized carbons (Fsp3) is 0.385. The van der Waals surface area contributed by atoms with E-state index in [0.29, 0.717) is 22.9 Å². The van der Waals surface area contributed by atoms with Crippen LogP contribution in [0.3, 0.4) is 0 Å². The molecule has 4 rings (SSSR count). The van der Waals surface area contributed by atoms with E-state index >= 15 is 0 Å². The third kappa shape index (κ3) is 7.00. The van der Waals surface area contributed by atoms with Crippen LogP contribution < -0.4 is 20.1 Å². The van der Waals surface area contributed by atoms with E-state index in [1.165, 1.54) is 6.42 Å². The average Bonchev–Trinajstić information content (AvgIpc) is 2.81. The third-order valence-corrected chi connectivity index (χ3v) is 5.55. The Hall–Kier alpha value is -3.49. The van der Waals surface area contributed by atoms with E-state index in [1.807, 2.05) is 13.8 Å². The fourth-order valence-corrected chi connectivity index (χ4v) is 3.89. The maximum Gasteiger partial charge on any atom is 0.421 e. The van der Waals surface area contributed by atoms with Crippen LogP contribution in [0.25, 0.3) is 0 Å². The average molecular weight is 487 g/mol. The first kappa shape index (κ1) is 24.6. The number of ether oxygens (including phenoxy) is 2. The van der Waals surface area contributed by atoms with Crippen molar-refractivity contribution in [3.8, 4) is 11.5 Å². The van der Waals surface area contributed by atoms with Gasteiger partial charge < -0.3 is 20.1 Å². The molecule has 0 unspecified atom stereocenters. The molecule has 1 aromatic heterocycles. The van der Waals surface area contributed by atoms with Gasteiger partial charge in [-0.3, -0.25) is 0 Å². The van der Waals surface area contributed by atoms with Crippen LogP contribution in [0.2, 0.25) is 0 Å². The lowest BCUT2D eigenvalue weighted by atomic mass is 9.98. The summed E-state index contributed by atoms with van der Waals surface area (Å²) >= 11 is 0. The standard InChI is InChI=1S/C26H29F3N4O2/c1-17(2)34-21-12-10-19(11-13-21)32-25-30-16-23(26(27,28)29)24(33-25)31-18-8-14-22(15-9-18)35-20-6-4-3-5-7-20/h8-17,20H,3-7H2,1-2H3,(H2,30,31,32,33). The zero-order valence-corrected chi connectivity index (χ0v) is 19.7. The van der Waals surface area contributed by atoms with Gasteiger partial charge in [0.1, 0.15) is 22.9 Å². The molecule has 0 saturated heterocycles. The van der Waals surface area contributed by atoms with Gasteiger partial charge in [-0.25, -0.2) is 4.98 Å². The lowest BCUT2D eigenvalue weighted by Crippen LogP contribution is -2.19. The molecule has 1 aliphatic rings. The van der Waals surface area contributed by atoms with E-state index < -0.39 is 11.7 Å². The molecule has 186 valence electrons. The Kier molecular flexibility index (Phi) is 7.63. The summed E-state index contributed by atoms with van der Waals surface area (Å²) in [6.45, 7) is 3.85. The van der Waals surface area contributed by atoms with Crippen LogP contribution in [0.5, 0.6) is 11.5 Å². The highest BCUT2D eigenvalue weighted by Crippen LogP contribution is 2.36. The van der Waals surface area contributed by atoms with Crippen LogP contribution in [0.15, 0.2) is 54.7 Å². The first-order valence-electron chi connectivity index (χ1n) is 11.8. The van der Waals surface area contributed by atoms with Gasteiger partial charge in [-0.2, -0.15) is 18.2 Å². The van der Waals surface area contributed by atoms with Crippen molar-refractivity contribution in [1.29, 1.82) is 0 Å². The lowest BCUT2D eigenvalue weighted by molar-refractivity contribution is -0.137. The van der Waals surface area contributed by atoms with Crippen LogP contribution >= 0.6 is 0 Å². The van der Waals surface area contributed by atoms with E-state index in [9.17, 15) is 13.2 Å². The Labute approximate surface area is 202 Å². The van der Waals surface area contributed by atoms with Gasteiger partial charge in [0.15, 0.2) is 0 Å². The molecule has 3 aromatic rings. The molecule has 6 nitrogen and oxygen atoms in total. The molecule has 9 heteroatoms. The number of benzene rings is 2. The number of nitrogens with zero attached hydrogens (tertiary/aromatic N) is 2. The molecule has 2 N–H and O–H groups in total. The molecule has 0 radical (unpaired) electrons. The van der Waals surface area contributed by atoms with Gasteiger partial charge in [0, 0.05) is 17.6 Å². The fourth-order valence-electron chi connectivity index (χ4n) is 3.89. The van der Waals surface area contributed by atoms with E-state index in [4.69, 9.17) is 9.47 Å². The summed E-state index contributed by atoms with van der Waals surface area (Å²) in [6.07, 6.45) is 2.00. The van der Waals surface area contributed by atoms with Crippen molar-refractivity contribution in [2.24, 2.45) is 0 Å². The van der Waals surface area contributed by atoms with Crippen LogP contribution in [0, 0.1) is 0 Å². The summed E-state index contributed by atoms with van der Waals surface area (Å²) in [7, 11) is 0. The number of anilines is 4. The first-order valence-corrected chi connectivity index (χ1v) is 11.8. The maximum absolute atomic E-state index is 13.6. The molecule has 35 heavy (non-hydrogen) atoms. The van der Waals surface area contributed by atoms with Crippen molar-refractivity contribution in [1.82, 2.24) is 9.97 Å². The number of hydrogen-bond acceptors (Lipinski definition) is 6. The van der Waals surface area contributed by atoms with E-state index in [1.54, 1.807) is 48.5 Å². The van der Waals surface area contributed by atoms with Gasteiger partial charge in [0.25, 0.3) is 0 Å². The molecule has 1 saturated carbocycles. The van der Waals surface area contributed by atoms with Crippen molar-refractivity contribution < 1.29 is 22.6 Å². The minimum atomic E-state index is -4.61. The summed E-state index contributed by atoms with van der Waals surface area (Å²) in [5, 5.41) is 5.72. The predicted octanol–water partition coefficient (Wildman–Crippen LogP) is 7.48. The van der Waals surface area contributed by atoms with E-state index in [2.05, 4.69) is 20.6 Å². The number of aromatic nitrogens is 2. The van der Waals surface area contributed by atoms with Gasteiger partial charge in [-0.1, -0.05) is 6.42 Å². The largest absolute Gasteiger partial charge is 0.491 e. The zero-order valence-electron chi connectivity index (χ0n) is 19.7. The topological polar surface area (TPSA) is 68.3 Å². The maximum atomic E-state index is 13.6. The van der Waals surface area contributed by atoms with Crippen LogP contribution in [-0.2, 0) is 6.18 Å². The van der Waals surface area contributed by atoms with Crippen molar-refractivity contribution in [3.63, 3.8) is 0 Å². The van der Waals surface area contributed by atoms with Gasteiger partial charge >= 0.3 is 6.18 Å². The van der Waals surface area contributed by atoms with Gasteiger partial charge in [0.2, 0.25) is 5.95 Å². The second kappa shape index (κ2) is 10.8. The number of halogens is 3. The third-order valence-electron chi connectivity index (χ3n) is 5.55. The summed E-state index contributed by atoms with van der Waals surface area (Å²) in [6, 6.07) is 13.9. The van der Waals surface area contributed by atoms with E-state index in [0.717, 1.165) is 31.9 Å². The highest BCUT2D eigenvalue weighted by atomic mass is 19.4. The summed E-state index contributed by atoms with van der Waals surface area (Å²) in [5.74, 6) is 1.09. The van der Waals surface area contributed by atoms with Crippen molar-refractivity contribution in [2.45, 2.75) is 64.3 Å². The first-order chi connectivity index (χ1) is 16.8. The van der Waals surface area contributed by atoms with Crippen molar-refractivity contribution in [2.75, 3.05) is 10.6 Å². The second-order valence-corrected chi connectivity index (χ2v) is 8.80. The number of nitrogens with one attached hydrogen (secondary N) is 2. The monoisotopic (exact) mass is 486 g/mol. The number of hydrogen-bond donors (Lipinski definition) is 2. The highest BCUT2D eigenvalue weighted by Gasteiger charge is 2.35. The molecule has 2 aromatic carbocycles. The van der Waals surface area contributed by atoms with Crippen molar-refractivity contribution >= 4 is 23.1 Å². The normalized spacial score (nSPS) is 14.6.